The number of halogens is 2. The Hall–Kier alpha value is -3.58. The number of pyridine rings is 1. The smallest absolute Gasteiger partial charge is 0.325 e. The summed E-state index contributed by atoms with van der Waals surface area (Å²) in [5.74, 6) is -0.486. The van der Waals surface area contributed by atoms with Gasteiger partial charge in [-0.1, -0.05) is 0 Å². The van der Waals surface area contributed by atoms with E-state index in [1.54, 1.807) is 6.92 Å². The third-order valence-electron chi connectivity index (χ3n) is 5.31. The molecule has 1 fully saturated rings. The number of ether oxygens (including phenoxy) is 1. The van der Waals surface area contributed by atoms with Crippen LogP contribution in [0.3, 0.4) is 0 Å². The van der Waals surface area contributed by atoms with Crippen LogP contribution in [0.25, 0.3) is 4.85 Å². The minimum absolute atomic E-state index is 0.109. The molecule has 2 aliphatic carbocycles. The third-order valence-corrected chi connectivity index (χ3v) is 5.31. The first-order valence-corrected chi connectivity index (χ1v) is 10.6. The van der Waals surface area contributed by atoms with Gasteiger partial charge in [0.05, 0.1) is 35.6 Å². The lowest BCUT2D eigenvalue weighted by molar-refractivity contribution is -0.913. The fourth-order valence-electron chi connectivity index (χ4n) is 3.53. The number of aliphatic hydroxyl groups is 1. The van der Waals surface area contributed by atoms with Crippen LogP contribution in [0.2, 0.25) is 0 Å². The molecular formula is C23H26F2N4O4+2. The van der Waals surface area contributed by atoms with Gasteiger partial charge in [0.1, 0.15) is 5.76 Å². The maximum atomic E-state index is 13.0. The molecule has 0 bridgehead atoms. The summed E-state index contributed by atoms with van der Waals surface area (Å²) in [5, 5.41) is 30.4. The van der Waals surface area contributed by atoms with Gasteiger partial charge in [-0.25, -0.2) is 0 Å². The Balaban J connectivity index is 1.83. The summed E-state index contributed by atoms with van der Waals surface area (Å²) >= 11 is 0. The molecule has 1 amide bonds. The Morgan fingerprint density at radius 2 is 2.09 bits per heavy atom. The Labute approximate surface area is 189 Å². The van der Waals surface area contributed by atoms with E-state index in [4.69, 9.17) is 10.1 Å². The van der Waals surface area contributed by atoms with E-state index in [1.165, 1.54) is 30.5 Å². The van der Waals surface area contributed by atoms with Crippen LogP contribution in [-0.2, 0) is 4.74 Å². The zero-order valence-corrected chi connectivity index (χ0v) is 18.1. The van der Waals surface area contributed by atoms with Crippen molar-refractivity contribution in [1.82, 2.24) is 5.32 Å². The number of nitrogens with one attached hydrogen (secondary N) is 2. The van der Waals surface area contributed by atoms with Crippen LogP contribution >= 0.6 is 0 Å². The van der Waals surface area contributed by atoms with Gasteiger partial charge in [-0.2, -0.15) is 8.78 Å². The van der Waals surface area contributed by atoms with E-state index in [9.17, 15) is 23.9 Å². The molecule has 0 unspecified atom stereocenters. The summed E-state index contributed by atoms with van der Waals surface area (Å²) in [5.41, 5.74) is -0.416. The normalized spacial score (nSPS) is 21.7. The fraction of sp³-hybridized carbons (Fsp3) is 0.391. The monoisotopic (exact) mass is 460 g/mol. The van der Waals surface area contributed by atoms with Gasteiger partial charge in [0, 0.05) is 22.9 Å². The van der Waals surface area contributed by atoms with E-state index >= 15 is 0 Å². The zero-order valence-electron chi connectivity index (χ0n) is 18.1. The number of aromatic nitrogens is 1. The zero-order chi connectivity index (χ0) is 24.0. The van der Waals surface area contributed by atoms with Crippen LogP contribution in [-0.4, -0.2) is 34.6 Å². The largest absolute Gasteiger partial charge is 0.492 e. The van der Waals surface area contributed by atoms with Crippen molar-refractivity contribution in [1.29, 1.82) is 5.41 Å². The van der Waals surface area contributed by atoms with Gasteiger partial charge in [-0.15, -0.1) is 0 Å². The highest BCUT2D eigenvalue weighted by atomic mass is 19.3. The van der Waals surface area contributed by atoms with Crippen LogP contribution in [0, 0.1) is 17.4 Å². The average molecular weight is 460 g/mol. The second-order valence-corrected chi connectivity index (χ2v) is 7.66. The van der Waals surface area contributed by atoms with Crippen LogP contribution in [0.5, 0.6) is 0 Å². The van der Waals surface area contributed by atoms with Crippen molar-refractivity contribution in [3.63, 3.8) is 0 Å². The van der Waals surface area contributed by atoms with E-state index in [0.717, 1.165) is 18.9 Å². The number of hydrogen-bond acceptors (Lipinski definition) is 5. The van der Waals surface area contributed by atoms with E-state index in [2.05, 4.69) is 16.2 Å². The predicted molar refractivity (Wildman–Crippen MR) is 115 cm³/mol. The highest BCUT2D eigenvalue weighted by Crippen LogP contribution is 2.24. The molecule has 3 rings (SSSR count). The lowest BCUT2D eigenvalue weighted by atomic mass is 9.89. The van der Waals surface area contributed by atoms with Crippen molar-refractivity contribution in [2.24, 2.45) is 5.92 Å². The predicted octanol–water partition coefficient (Wildman–Crippen LogP) is 3.48. The van der Waals surface area contributed by atoms with Gasteiger partial charge in [-0.3, -0.25) is 15.4 Å². The second kappa shape index (κ2) is 10.8. The van der Waals surface area contributed by atoms with Crippen LogP contribution in [0.4, 0.5) is 8.78 Å². The van der Waals surface area contributed by atoms with Crippen LogP contribution in [0.15, 0.2) is 53.6 Å². The summed E-state index contributed by atoms with van der Waals surface area (Å²) in [6, 6.07) is 6.47. The molecule has 0 saturated heterocycles. The molecule has 8 nitrogen and oxygen atoms in total. The van der Waals surface area contributed by atoms with Crippen molar-refractivity contribution in [2.75, 3.05) is 6.61 Å². The molecule has 1 aromatic heterocycles. The summed E-state index contributed by atoms with van der Waals surface area (Å²) < 4.78 is 31.7. The number of alkyl halides is 2. The maximum absolute atomic E-state index is 13.0. The first-order valence-electron chi connectivity index (χ1n) is 10.6. The standard InChI is InChI=1S/C23H25F2N4O4/c1-2-33-21-11-17(26)15(13-27-12-14-6-8-16(30)9-7-14)10-18(21)28-23(31)20-5-3-4-19(22(24)25)29(20)32/h3-5,10-11,13-14,16,22,26,30H,2,6-9H2,1H3,(H-,28,31,32)/q+1/p+1/b15-13-,26-17?. The molecule has 10 heteroatoms. The van der Waals surface area contributed by atoms with Gasteiger partial charge in [0.15, 0.2) is 0 Å². The SMILES string of the molecule is CCOC1=CC(=N)/C(=C\[N+]#CC2CCC(O)CC2)C=C1NC(=O)c1cccc(C(F)F)[n+]1O. The third kappa shape index (κ3) is 6.02. The first-order chi connectivity index (χ1) is 15.8. The highest BCUT2D eigenvalue weighted by Gasteiger charge is 2.30. The molecule has 2 aliphatic rings. The van der Waals surface area contributed by atoms with E-state index in [1.807, 2.05) is 0 Å². The van der Waals surface area contributed by atoms with Gasteiger partial charge < -0.3 is 15.2 Å². The number of rotatable bonds is 5. The number of allylic oxidation sites excluding steroid dienone is 3. The molecule has 174 valence electrons. The van der Waals surface area contributed by atoms with Gasteiger partial charge in [-0.05, 0) is 49.6 Å². The Morgan fingerprint density at radius 1 is 1.36 bits per heavy atom. The topological polar surface area (TPSA) is 111 Å². The number of carbonyl (C=O) groups is 1. The van der Waals surface area contributed by atoms with Gasteiger partial charge in [0.25, 0.3) is 6.07 Å². The van der Waals surface area contributed by atoms with Crippen LogP contribution in [0.1, 0.15) is 55.2 Å². The maximum Gasteiger partial charge on any atom is 0.325 e. The molecule has 1 saturated carbocycles. The molecular weight excluding hydrogens is 434 g/mol. The Morgan fingerprint density at radius 3 is 2.76 bits per heavy atom. The molecule has 33 heavy (non-hydrogen) atoms. The summed E-state index contributed by atoms with van der Waals surface area (Å²) in [4.78, 5) is 16.9. The summed E-state index contributed by atoms with van der Waals surface area (Å²) in [6.45, 7) is 2.01. The minimum Gasteiger partial charge on any atom is -0.492 e. The number of aliphatic hydroxyl groups excluding tert-OH is 1. The molecule has 0 aromatic carbocycles. The number of nitrogens with zero attached hydrogens (tertiary/aromatic N) is 2. The molecule has 0 aliphatic heterocycles. The first kappa shape index (κ1) is 24.1. The van der Waals surface area contributed by atoms with Crippen molar-refractivity contribution in [2.45, 2.75) is 45.1 Å². The molecule has 0 spiro atoms. The summed E-state index contributed by atoms with van der Waals surface area (Å²) in [6.07, 6.45) is 4.09. The van der Waals surface area contributed by atoms with Crippen molar-refractivity contribution in [3.05, 3.63) is 69.8 Å². The minimum atomic E-state index is -2.97. The summed E-state index contributed by atoms with van der Waals surface area (Å²) in [7, 11) is 0. The number of amides is 1. The lowest BCUT2D eigenvalue weighted by Crippen LogP contribution is -2.45. The number of carbonyl (C=O) groups excluding carboxylic acids is 1. The van der Waals surface area contributed by atoms with Crippen molar-refractivity contribution >= 4 is 11.6 Å². The highest BCUT2D eigenvalue weighted by molar-refractivity contribution is 6.10. The van der Waals surface area contributed by atoms with Crippen LogP contribution < -0.4 is 10.0 Å². The quantitative estimate of drug-likeness (QED) is 0.398. The fourth-order valence-corrected chi connectivity index (χ4v) is 3.53. The number of hydrogen-bond donors (Lipinski definition) is 4. The Kier molecular flexibility index (Phi) is 7.90. The van der Waals surface area contributed by atoms with Crippen molar-refractivity contribution < 1.29 is 33.4 Å². The molecule has 4 N–H and O–H groups in total. The van der Waals surface area contributed by atoms with Gasteiger partial charge >= 0.3 is 29.9 Å². The molecule has 0 atom stereocenters. The molecule has 1 aromatic rings. The van der Waals surface area contributed by atoms with E-state index in [-0.39, 0.29) is 46.2 Å². The van der Waals surface area contributed by atoms with Crippen molar-refractivity contribution in [3.8, 4) is 6.07 Å². The van der Waals surface area contributed by atoms with E-state index in [0.29, 0.717) is 18.4 Å². The van der Waals surface area contributed by atoms with Gasteiger partial charge in [0.2, 0.25) is 0 Å². The molecule has 1 heterocycles. The van der Waals surface area contributed by atoms with E-state index < -0.39 is 18.0 Å². The second-order valence-electron chi connectivity index (χ2n) is 7.66. The molecule has 0 radical (unpaired) electrons. The lowest BCUT2D eigenvalue weighted by Gasteiger charge is -2.18. The average Bonchev–Trinajstić information content (AvgIpc) is 2.78. The Bertz CT molecular complexity index is 1080.